The molecule has 0 saturated carbocycles. The average Bonchev–Trinajstić information content (AvgIpc) is 2.57. The number of nitrogens with zero attached hydrogens (tertiary/aromatic N) is 3. The molecule has 0 bridgehead atoms. The first kappa shape index (κ1) is 16.1. The van der Waals surface area contributed by atoms with Gasteiger partial charge in [0.25, 0.3) is 0 Å². The van der Waals surface area contributed by atoms with Crippen LogP contribution in [-0.4, -0.2) is 84.1 Å². The van der Waals surface area contributed by atoms with Crippen LogP contribution in [0.4, 0.5) is 0 Å². The van der Waals surface area contributed by atoms with Crippen molar-refractivity contribution in [2.24, 2.45) is 0 Å². The lowest BCUT2D eigenvalue weighted by atomic mass is 9.97. The molecule has 3 saturated heterocycles. The molecule has 3 heterocycles. The Kier molecular flexibility index (Phi) is 6.28. The van der Waals surface area contributed by atoms with E-state index in [0.29, 0.717) is 0 Å². The third-order valence-corrected chi connectivity index (χ3v) is 6.62. The van der Waals surface area contributed by atoms with Crippen LogP contribution in [0.2, 0.25) is 0 Å². The van der Waals surface area contributed by atoms with Crippen LogP contribution in [0.5, 0.6) is 0 Å². The molecule has 3 rings (SSSR count). The van der Waals surface area contributed by atoms with Gasteiger partial charge in [0, 0.05) is 36.7 Å². The van der Waals surface area contributed by atoms with E-state index in [0.717, 1.165) is 12.1 Å². The zero-order valence-corrected chi connectivity index (χ0v) is 14.6. The second-order valence-electron chi connectivity index (χ2n) is 6.99. The summed E-state index contributed by atoms with van der Waals surface area (Å²) in [6.07, 6.45) is 6.96. The largest absolute Gasteiger partial charge is 0.303 e. The summed E-state index contributed by atoms with van der Waals surface area (Å²) < 4.78 is 0. The van der Waals surface area contributed by atoms with Crippen molar-refractivity contribution < 1.29 is 0 Å². The lowest BCUT2D eigenvalue weighted by molar-refractivity contribution is 0.0577. The number of rotatable bonds is 4. The van der Waals surface area contributed by atoms with Crippen molar-refractivity contribution in [2.45, 2.75) is 51.1 Å². The fourth-order valence-corrected chi connectivity index (χ4v) is 5.31. The zero-order chi connectivity index (χ0) is 14.5. The first-order valence-electron chi connectivity index (χ1n) is 9.15. The summed E-state index contributed by atoms with van der Waals surface area (Å²) in [6, 6.07) is 1.78. The molecule has 21 heavy (non-hydrogen) atoms. The Morgan fingerprint density at radius 1 is 0.762 bits per heavy atom. The van der Waals surface area contributed by atoms with E-state index in [9.17, 15) is 0 Å². The molecule has 0 aliphatic carbocycles. The van der Waals surface area contributed by atoms with Crippen LogP contribution in [0, 0.1) is 0 Å². The van der Waals surface area contributed by atoms with E-state index in [1.54, 1.807) is 0 Å². The second kappa shape index (κ2) is 8.19. The van der Waals surface area contributed by atoms with Crippen molar-refractivity contribution in [1.82, 2.24) is 14.7 Å². The van der Waals surface area contributed by atoms with Gasteiger partial charge in [-0.25, -0.2) is 0 Å². The van der Waals surface area contributed by atoms with Crippen LogP contribution in [0.3, 0.4) is 0 Å². The van der Waals surface area contributed by atoms with Crippen LogP contribution in [0.15, 0.2) is 0 Å². The maximum Gasteiger partial charge on any atom is 0.0120 e. The third kappa shape index (κ3) is 4.37. The van der Waals surface area contributed by atoms with Crippen molar-refractivity contribution in [3.63, 3.8) is 0 Å². The van der Waals surface area contributed by atoms with Gasteiger partial charge in [-0.05, 0) is 64.8 Å². The lowest BCUT2D eigenvalue weighted by Gasteiger charge is -2.44. The molecule has 122 valence electrons. The highest BCUT2D eigenvalue weighted by Crippen LogP contribution is 2.25. The molecule has 0 atom stereocenters. The highest BCUT2D eigenvalue weighted by atomic mass is 32.2. The fraction of sp³-hybridized carbons (Fsp3) is 1.00. The van der Waals surface area contributed by atoms with Gasteiger partial charge in [-0.15, -0.1) is 0 Å². The van der Waals surface area contributed by atoms with E-state index in [-0.39, 0.29) is 0 Å². The fourth-order valence-electron chi connectivity index (χ4n) is 4.38. The van der Waals surface area contributed by atoms with Crippen molar-refractivity contribution in [3.8, 4) is 0 Å². The number of hydrogen-bond acceptors (Lipinski definition) is 4. The zero-order valence-electron chi connectivity index (χ0n) is 13.8. The second-order valence-corrected chi connectivity index (χ2v) is 8.21. The van der Waals surface area contributed by atoms with Crippen molar-refractivity contribution in [1.29, 1.82) is 0 Å². The maximum atomic E-state index is 2.82. The molecular formula is C17H33N3S. The lowest BCUT2D eigenvalue weighted by Crippen LogP contribution is -2.52. The molecule has 0 aromatic rings. The van der Waals surface area contributed by atoms with Crippen LogP contribution in [0.25, 0.3) is 0 Å². The predicted molar refractivity (Wildman–Crippen MR) is 93.2 cm³/mol. The Labute approximate surface area is 135 Å². The number of thioether (sulfide) groups is 1. The Hall–Kier alpha value is 0.230. The predicted octanol–water partition coefficient (Wildman–Crippen LogP) is 2.37. The summed E-state index contributed by atoms with van der Waals surface area (Å²) in [4.78, 5) is 8.25. The van der Waals surface area contributed by atoms with Crippen LogP contribution in [-0.2, 0) is 0 Å². The van der Waals surface area contributed by atoms with Gasteiger partial charge >= 0.3 is 0 Å². The number of likely N-dealkylation sites (tertiary alicyclic amines) is 2. The van der Waals surface area contributed by atoms with Crippen LogP contribution in [0.1, 0.15) is 39.0 Å². The molecular weight excluding hydrogens is 278 g/mol. The highest BCUT2D eigenvalue weighted by molar-refractivity contribution is 7.99. The highest BCUT2D eigenvalue weighted by Gasteiger charge is 2.30. The molecule has 0 aromatic heterocycles. The van der Waals surface area contributed by atoms with Gasteiger partial charge in [-0.2, -0.15) is 11.8 Å². The smallest absolute Gasteiger partial charge is 0.0120 e. The van der Waals surface area contributed by atoms with E-state index < -0.39 is 0 Å². The summed E-state index contributed by atoms with van der Waals surface area (Å²) in [5.74, 6) is 2.71. The monoisotopic (exact) mass is 311 g/mol. The van der Waals surface area contributed by atoms with Crippen LogP contribution >= 0.6 is 11.8 Å². The van der Waals surface area contributed by atoms with Gasteiger partial charge in [-0.1, -0.05) is 6.92 Å². The molecule has 3 aliphatic rings. The van der Waals surface area contributed by atoms with Gasteiger partial charge in [0.1, 0.15) is 0 Å². The van der Waals surface area contributed by atoms with Crippen molar-refractivity contribution in [3.05, 3.63) is 0 Å². The van der Waals surface area contributed by atoms with Crippen LogP contribution < -0.4 is 0 Å². The Bertz CT molecular complexity index is 290. The topological polar surface area (TPSA) is 9.72 Å². The Morgan fingerprint density at radius 3 is 1.86 bits per heavy atom. The van der Waals surface area contributed by atoms with E-state index >= 15 is 0 Å². The molecule has 0 spiro atoms. The van der Waals surface area contributed by atoms with Crippen molar-refractivity contribution >= 4 is 11.8 Å². The molecule has 3 aliphatic heterocycles. The first-order valence-corrected chi connectivity index (χ1v) is 10.3. The quantitative estimate of drug-likeness (QED) is 0.788. The SMILES string of the molecule is CCCN1CCC(N2CCC(N3CCSCC3)CC2)CC1. The van der Waals surface area contributed by atoms with E-state index in [1.165, 1.54) is 89.4 Å². The average molecular weight is 312 g/mol. The molecule has 4 heteroatoms. The Balaban J connectivity index is 1.39. The molecule has 0 radical (unpaired) electrons. The van der Waals surface area contributed by atoms with E-state index in [2.05, 4.69) is 33.4 Å². The molecule has 0 unspecified atom stereocenters. The molecule has 0 N–H and O–H groups in total. The van der Waals surface area contributed by atoms with E-state index in [1.807, 2.05) is 0 Å². The maximum absolute atomic E-state index is 2.82. The molecule has 0 amide bonds. The van der Waals surface area contributed by atoms with E-state index in [4.69, 9.17) is 0 Å². The van der Waals surface area contributed by atoms with Gasteiger partial charge in [-0.3, -0.25) is 4.90 Å². The minimum absolute atomic E-state index is 0.885. The summed E-state index contributed by atoms with van der Waals surface area (Å²) in [5.41, 5.74) is 0. The summed E-state index contributed by atoms with van der Waals surface area (Å²) in [7, 11) is 0. The summed E-state index contributed by atoms with van der Waals surface area (Å²) in [5, 5.41) is 0. The van der Waals surface area contributed by atoms with Gasteiger partial charge in [0.15, 0.2) is 0 Å². The summed E-state index contributed by atoms with van der Waals surface area (Å²) >= 11 is 2.13. The van der Waals surface area contributed by atoms with Crippen molar-refractivity contribution in [2.75, 3.05) is 57.3 Å². The third-order valence-electron chi connectivity index (χ3n) is 5.67. The Morgan fingerprint density at radius 2 is 1.29 bits per heavy atom. The normalized spacial score (nSPS) is 29.0. The molecule has 3 fully saturated rings. The molecule has 3 nitrogen and oxygen atoms in total. The number of piperidine rings is 2. The standard InChI is InChI=1S/C17H33N3S/c1-2-7-18-8-3-16(4-9-18)19-10-5-17(6-11-19)20-12-14-21-15-13-20/h16-17H,2-15H2,1H3. The summed E-state index contributed by atoms with van der Waals surface area (Å²) in [6.45, 7) is 11.7. The number of hydrogen-bond donors (Lipinski definition) is 0. The molecule has 0 aromatic carbocycles. The first-order chi connectivity index (χ1) is 10.4. The minimum Gasteiger partial charge on any atom is -0.303 e. The van der Waals surface area contributed by atoms with Gasteiger partial charge < -0.3 is 9.80 Å². The van der Waals surface area contributed by atoms with Gasteiger partial charge in [0.2, 0.25) is 0 Å². The minimum atomic E-state index is 0.885. The van der Waals surface area contributed by atoms with Gasteiger partial charge in [0.05, 0.1) is 0 Å².